The van der Waals surface area contributed by atoms with E-state index in [1.165, 1.54) is 98.5 Å². The Labute approximate surface area is 282 Å². The molecule has 0 N–H and O–H groups in total. The van der Waals surface area contributed by atoms with Crippen LogP contribution in [-0.2, 0) is 5.41 Å². The zero-order valence-corrected chi connectivity index (χ0v) is 28.0. The number of thioether (sulfide) groups is 1. The first-order valence-electron chi connectivity index (χ1n) is 17.5. The van der Waals surface area contributed by atoms with E-state index in [2.05, 4.69) is 152 Å². The van der Waals surface area contributed by atoms with Crippen molar-refractivity contribution in [3.63, 3.8) is 0 Å². The van der Waals surface area contributed by atoms with Gasteiger partial charge in [-0.1, -0.05) is 92.7 Å². The first-order chi connectivity index (χ1) is 23.1. The van der Waals surface area contributed by atoms with E-state index >= 15 is 0 Å². The van der Waals surface area contributed by atoms with Crippen LogP contribution in [0.5, 0.6) is 0 Å². The molecule has 10 rings (SSSR count). The van der Waals surface area contributed by atoms with Crippen LogP contribution in [0.25, 0.3) is 55.3 Å². The van der Waals surface area contributed by atoms with Gasteiger partial charge in [0.05, 0.1) is 11.0 Å². The second-order valence-corrected chi connectivity index (χ2v) is 15.9. The predicted octanol–water partition coefficient (Wildman–Crippen LogP) is 12.3. The molecule has 4 aliphatic rings. The van der Waals surface area contributed by atoms with Gasteiger partial charge in [-0.3, -0.25) is 0 Å². The molecule has 3 aliphatic carbocycles. The summed E-state index contributed by atoms with van der Waals surface area (Å²) in [5, 5.41) is 3.42. The maximum Gasteiger partial charge on any atom is 0.0544 e. The lowest BCUT2D eigenvalue weighted by molar-refractivity contribution is 0.407. The topological polar surface area (TPSA) is 4.93 Å². The van der Waals surface area contributed by atoms with Crippen LogP contribution < -0.4 is 0 Å². The standard InChI is InChI=1S/C45H39NS/c1-45(2)39-20-8-6-16-33(39)36-26-38-37-25-29(22-23-41(37)46(42(38)27-40(36)45)31-14-4-3-5-15-31)28-12-10-13-30(24-28)32-18-11-19-35-34-17-7-9-21-43(34)47-44(32)35/h3-8,10,12-17,20,22-27,34-35,43H,9,11,18-19,21H2,1-2H3. The zero-order valence-electron chi connectivity index (χ0n) is 27.2. The minimum Gasteiger partial charge on any atom is -0.309 e. The Morgan fingerprint density at radius 3 is 2.40 bits per heavy atom. The maximum atomic E-state index is 2.55. The van der Waals surface area contributed by atoms with E-state index in [4.69, 9.17) is 0 Å². The summed E-state index contributed by atoms with van der Waals surface area (Å²) in [4.78, 5) is 1.70. The number of allylic oxidation sites excluding steroid dienone is 4. The van der Waals surface area contributed by atoms with Crippen molar-refractivity contribution < 1.29 is 0 Å². The van der Waals surface area contributed by atoms with E-state index in [0.29, 0.717) is 0 Å². The largest absolute Gasteiger partial charge is 0.309 e. The fourth-order valence-electron chi connectivity index (χ4n) is 9.45. The van der Waals surface area contributed by atoms with Gasteiger partial charge in [0, 0.05) is 27.1 Å². The molecule has 0 spiro atoms. The van der Waals surface area contributed by atoms with Crippen molar-refractivity contribution in [3.05, 3.63) is 143 Å². The molecule has 1 nitrogen and oxygen atoms in total. The van der Waals surface area contributed by atoms with Crippen LogP contribution in [0.4, 0.5) is 0 Å². The van der Waals surface area contributed by atoms with Gasteiger partial charge < -0.3 is 4.57 Å². The molecule has 1 fully saturated rings. The molecule has 2 heteroatoms. The Morgan fingerprint density at radius 2 is 1.49 bits per heavy atom. The number of benzene rings is 5. The number of fused-ring (bicyclic) bond motifs is 9. The van der Waals surface area contributed by atoms with E-state index in [-0.39, 0.29) is 5.41 Å². The molecule has 230 valence electrons. The van der Waals surface area contributed by atoms with Crippen LogP contribution in [0, 0.1) is 11.8 Å². The highest BCUT2D eigenvalue weighted by Crippen LogP contribution is 2.57. The molecule has 5 aromatic carbocycles. The molecule has 1 aromatic heterocycles. The summed E-state index contributed by atoms with van der Waals surface area (Å²) in [6, 6.07) is 41.5. The second kappa shape index (κ2) is 10.4. The Balaban J connectivity index is 1.15. The summed E-state index contributed by atoms with van der Waals surface area (Å²) in [6.07, 6.45) is 11.4. The van der Waals surface area contributed by atoms with Crippen LogP contribution in [-0.4, -0.2) is 9.82 Å². The molecule has 1 aliphatic heterocycles. The molecule has 3 atom stereocenters. The van der Waals surface area contributed by atoms with Gasteiger partial charge in [-0.25, -0.2) is 0 Å². The smallest absolute Gasteiger partial charge is 0.0544 e. The minimum atomic E-state index is -0.0385. The summed E-state index contributed by atoms with van der Waals surface area (Å²) in [6.45, 7) is 4.76. The molecule has 0 saturated carbocycles. The maximum absolute atomic E-state index is 2.55. The van der Waals surface area contributed by atoms with Crippen molar-refractivity contribution in [1.29, 1.82) is 0 Å². The SMILES string of the molecule is CC1(C)c2ccccc2-c2cc3c4cc(-c5cccc(C6=C7SC8CCC=CC8C7CCC6)c5)ccc4n(-c4ccccc4)c3cc21. The lowest BCUT2D eigenvalue weighted by Gasteiger charge is -2.27. The second-order valence-electron chi connectivity index (χ2n) is 14.6. The van der Waals surface area contributed by atoms with Crippen LogP contribution in [0.1, 0.15) is 62.6 Å². The fraction of sp³-hybridized carbons (Fsp3) is 0.244. The van der Waals surface area contributed by atoms with Crippen molar-refractivity contribution >= 4 is 39.1 Å². The van der Waals surface area contributed by atoms with E-state index in [9.17, 15) is 0 Å². The van der Waals surface area contributed by atoms with E-state index < -0.39 is 0 Å². The molecule has 0 amide bonds. The molecule has 0 radical (unpaired) electrons. The Hall–Kier alpha value is -4.27. The normalized spacial score (nSPS) is 22.4. The van der Waals surface area contributed by atoms with Gasteiger partial charge in [-0.2, -0.15) is 0 Å². The van der Waals surface area contributed by atoms with Crippen LogP contribution in [0.2, 0.25) is 0 Å². The van der Waals surface area contributed by atoms with Gasteiger partial charge in [0.2, 0.25) is 0 Å². The first kappa shape index (κ1) is 27.8. The van der Waals surface area contributed by atoms with E-state index in [1.54, 1.807) is 10.5 Å². The monoisotopic (exact) mass is 625 g/mol. The first-order valence-corrected chi connectivity index (χ1v) is 18.4. The Bertz CT molecular complexity index is 2300. The zero-order chi connectivity index (χ0) is 31.3. The molecule has 3 unspecified atom stereocenters. The lowest BCUT2D eigenvalue weighted by Crippen LogP contribution is -2.20. The number of rotatable bonds is 3. The molecular weight excluding hydrogens is 587 g/mol. The number of nitrogens with zero attached hydrogens (tertiary/aromatic N) is 1. The third kappa shape index (κ3) is 4.10. The van der Waals surface area contributed by atoms with Crippen molar-refractivity contribution in [2.75, 3.05) is 0 Å². The van der Waals surface area contributed by atoms with Gasteiger partial charge in [-0.15, -0.1) is 11.8 Å². The highest BCUT2D eigenvalue weighted by atomic mass is 32.2. The molecule has 2 heterocycles. The van der Waals surface area contributed by atoms with Crippen LogP contribution in [0.3, 0.4) is 0 Å². The summed E-state index contributed by atoms with van der Waals surface area (Å²) >= 11 is 2.22. The lowest BCUT2D eigenvalue weighted by atomic mass is 9.76. The summed E-state index contributed by atoms with van der Waals surface area (Å²) in [5.74, 6) is 1.47. The van der Waals surface area contributed by atoms with Crippen molar-refractivity contribution in [2.24, 2.45) is 11.8 Å². The van der Waals surface area contributed by atoms with Gasteiger partial charge in [-0.05, 0) is 136 Å². The number of para-hydroxylation sites is 1. The van der Waals surface area contributed by atoms with Gasteiger partial charge in [0.25, 0.3) is 0 Å². The Morgan fingerprint density at radius 1 is 0.681 bits per heavy atom. The molecule has 6 aromatic rings. The number of aromatic nitrogens is 1. The minimum absolute atomic E-state index is 0.0385. The average Bonchev–Trinajstić information content (AvgIpc) is 3.73. The van der Waals surface area contributed by atoms with Crippen LogP contribution in [0.15, 0.2) is 126 Å². The molecular formula is C45H39NS. The highest BCUT2D eigenvalue weighted by molar-refractivity contribution is 8.04. The van der Waals surface area contributed by atoms with E-state index in [1.807, 2.05) is 0 Å². The molecule has 0 bridgehead atoms. The van der Waals surface area contributed by atoms with Crippen molar-refractivity contribution in [2.45, 2.75) is 56.6 Å². The number of hydrogen-bond donors (Lipinski definition) is 0. The average molecular weight is 626 g/mol. The molecule has 1 saturated heterocycles. The quantitative estimate of drug-likeness (QED) is 0.177. The summed E-state index contributed by atoms with van der Waals surface area (Å²) in [5.41, 5.74) is 15.0. The summed E-state index contributed by atoms with van der Waals surface area (Å²) < 4.78 is 2.48. The predicted molar refractivity (Wildman–Crippen MR) is 201 cm³/mol. The molecule has 47 heavy (non-hydrogen) atoms. The number of hydrogen-bond acceptors (Lipinski definition) is 1. The summed E-state index contributed by atoms with van der Waals surface area (Å²) in [7, 11) is 0. The highest BCUT2D eigenvalue weighted by Gasteiger charge is 2.42. The van der Waals surface area contributed by atoms with Crippen molar-refractivity contribution in [1.82, 2.24) is 4.57 Å². The van der Waals surface area contributed by atoms with Gasteiger partial charge in [0.15, 0.2) is 0 Å². The third-order valence-electron chi connectivity index (χ3n) is 11.8. The van der Waals surface area contributed by atoms with Gasteiger partial charge in [0.1, 0.15) is 0 Å². The van der Waals surface area contributed by atoms with Crippen LogP contribution >= 0.6 is 11.8 Å². The van der Waals surface area contributed by atoms with E-state index in [0.717, 1.165) is 17.1 Å². The third-order valence-corrected chi connectivity index (χ3v) is 13.4. The fourth-order valence-corrected chi connectivity index (χ4v) is 11.3. The van der Waals surface area contributed by atoms with Gasteiger partial charge >= 0.3 is 0 Å². The Kier molecular flexibility index (Phi) is 6.13. The van der Waals surface area contributed by atoms with Crippen molar-refractivity contribution in [3.8, 4) is 27.9 Å².